The number of para-hydroxylation sites is 1. The van der Waals surface area contributed by atoms with E-state index >= 15 is 0 Å². The Kier molecular flexibility index (Phi) is 5.86. The van der Waals surface area contributed by atoms with Crippen molar-refractivity contribution in [2.24, 2.45) is 5.10 Å². The summed E-state index contributed by atoms with van der Waals surface area (Å²) < 4.78 is 5.37. The summed E-state index contributed by atoms with van der Waals surface area (Å²) in [7, 11) is 1.57. The summed E-state index contributed by atoms with van der Waals surface area (Å²) in [5.74, 6) is -0.804. The van der Waals surface area contributed by atoms with Gasteiger partial charge in [0.05, 0.1) is 25.3 Å². The van der Waals surface area contributed by atoms with Crippen LogP contribution in [0.4, 0.5) is 0 Å². The number of nitrogens with zero attached hydrogens (tertiary/aromatic N) is 3. The zero-order valence-corrected chi connectivity index (χ0v) is 17.5. The van der Waals surface area contributed by atoms with E-state index in [1.165, 1.54) is 5.01 Å². The van der Waals surface area contributed by atoms with Gasteiger partial charge in [0.2, 0.25) is 5.91 Å². The van der Waals surface area contributed by atoms with E-state index in [1.54, 1.807) is 13.2 Å². The first-order valence-corrected chi connectivity index (χ1v) is 10.2. The summed E-state index contributed by atoms with van der Waals surface area (Å²) in [6, 6.07) is 16.5. The van der Waals surface area contributed by atoms with Crippen molar-refractivity contribution in [2.45, 2.75) is 25.3 Å². The number of halogens is 1. The molecular weight excluding hydrogens is 418 g/mol. The van der Waals surface area contributed by atoms with Crippen molar-refractivity contribution in [1.82, 2.24) is 9.99 Å². The van der Waals surface area contributed by atoms with Crippen LogP contribution in [0.5, 0.6) is 5.75 Å². The minimum atomic E-state index is -1.03. The molecule has 2 aromatic carbocycles. The van der Waals surface area contributed by atoms with Crippen LogP contribution in [0.15, 0.2) is 59.7 Å². The molecule has 0 bridgehead atoms. The molecule has 3 aromatic rings. The number of benzene rings is 2. The molecule has 158 valence electrons. The SMILES string of the molecule is COc1cccc2cc(C3CC(c4ccccc4)=NN3C(=O)CCC(=O)O)c(Cl)nc12. The van der Waals surface area contributed by atoms with Gasteiger partial charge in [0.15, 0.2) is 0 Å². The van der Waals surface area contributed by atoms with Crippen LogP contribution < -0.4 is 4.74 Å². The second-order valence-electron chi connectivity index (χ2n) is 7.17. The molecule has 4 rings (SSSR count). The topological polar surface area (TPSA) is 92.1 Å². The fourth-order valence-electron chi connectivity index (χ4n) is 3.68. The fraction of sp³-hybridized carbons (Fsp3) is 0.217. The lowest BCUT2D eigenvalue weighted by atomic mass is 9.98. The van der Waals surface area contributed by atoms with E-state index in [0.29, 0.717) is 23.3 Å². The number of amides is 1. The van der Waals surface area contributed by atoms with Crippen molar-refractivity contribution >= 4 is 40.1 Å². The minimum absolute atomic E-state index is 0.149. The lowest BCUT2D eigenvalue weighted by Gasteiger charge is -2.23. The van der Waals surface area contributed by atoms with E-state index in [9.17, 15) is 9.59 Å². The predicted molar refractivity (Wildman–Crippen MR) is 117 cm³/mol. The number of aliphatic carboxylic acids is 1. The maximum atomic E-state index is 12.9. The maximum Gasteiger partial charge on any atom is 0.303 e. The van der Waals surface area contributed by atoms with Gasteiger partial charge in [-0.15, -0.1) is 0 Å². The van der Waals surface area contributed by atoms with Crippen LogP contribution in [0.1, 0.15) is 36.4 Å². The Labute approximate surface area is 183 Å². The molecule has 1 aliphatic heterocycles. The van der Waals surface area contributed by atoms with E-state index in [0.717, 1.165) is 16.7 Å². The van der Waals surface area contributed by atoms with Gasteiger partial charge in [0.25, 0.3) is 0 Å². The largest absolute Gasteiger partial charge is 0.494 e. The molecule has 1 unspecified atom stereocenters. The summed E-state index contributed by atoms with van der Waals surface area (Å²) >= 11 is 6.55. The summed E-state index contributed by atoms with van der Waals surface area (Å²) in [6.07, 6.45) is 0.0305. The molecule has 1 N–H and O–H groups in total. The van der Waals surface area contributed by atoms with Crippen LogP contribution in [-0.4, -0.2) is 39.8 Å². The highest BCUT2D eigenvalue weighted by atomic mass is 35.5. The average molecular weight is 438 g/mol. The monoisotopic (exact) mass is 437 g/mol. The first-order valence-electron chi connectivity index (χ1n) is 9.78. The van der Waals surface area contributed by atoms with Gasteiger partial charge in [0.1, 0.15) is 16.4 Å². The number of carbonyl (C=O) groups is 2. The molecule has 0 radical (unpaired) electrons. The molecule has 31 heavy (non-hydrogen) atoms. The number of hydrogen-bond donors (Lipinski definition) is 1. The van der Waals surface area contributed by atoms with Crippen LogP contribution in [0, 0.1) is 0 Å². The Morgan fingerprint density at radius 2 is 1.94 bits per heavy atom. The Morgan fingerprint density at radius 3 is 2.65 bits per heavy atom. The summed E-state index contributed by atoms with van der Waals surface area (Å²) in [4.78, 5) is 28.3. The number of methoxy groups -OCH3 is 1. The number of rotatable bonds is 6. The molecule has 8 heteroatoms. The molecule has 1 amide bonds. The van der Waals surface area contributed by atoms with Gasteiger partial charge >= 0.3 is 5.97 Å². The third-order valence-electron chi connectivity index (χ3n) is 5.19. The molecule has 1 atom stereocenters. The molecule has 0 aliphatic carbocycles. The lowest BCUT2D eigenvalue weighted by molar-refractivity contribution is -0.141. The second kappa shape index (κ2) is 8.73. The van der Waals surface area contributed by atoms with E-state index in [2.05, 4.69) is 10.1 Å². The van der Waals surface area contributed by atoms with Crippen molar-refractivity contribution < 1.29 is 19.4 Å². The normalized spacial score (nSPS) is 15.7. The van der Waals surface area contributed by atoms with E-state index < -0.39 is 12.0 Å². The van der Waals surface area contributed by atoms with Crippen LogP contribution in [0.25, 0.3) is 10.9 Å². The Hall–Kier alpha value is -3.45. The standard InChI is InChI=1S/C23H20ClN3O4/c1-31-19-9-5-8-15-12-16(23(24)25-22(15)19)18-13-17(14-6-3-2-4-7-14)26-27(18)20(28)10-11-21(29)30/h2-9,12,18H,10-11,13H2,1H3,(H,29,30). The number of fused-ring (bicyclic) bond motifs is 1. The minimum Gasteiger partial charge on any atom is -0.494 e. The van der Waals surface area contributed by atoms with E-state index in [-0.39, 0.29) is 23.9 Å². The third kappa shape index (κ3) is 4.22. The molecule has 2 heterocycles. The molecule has 0 saturated heterocycles. The number of carboxylic acid groups (broad SMARTS) is 1. The van der Waals surface area contributed by atoms with Crippen molar-refractivity contribution in [2.75, 3.05) is 7.11 Å². The van der Waals surface area contributed by atoms with Crippen LogP contribution in [0.3, 0.4) is 0 Å². The Bertz CT molecular complexity index is 1180. The number of hydrazone groups is 1. The Balaban J connectivity index is 1.75. The average Bonchev–Trinajstić information content (AvgIpc) is 3.22. The van der Waals surface area contributed by atoms with Crippen molar-refractivity contribution in [3.63, 3.8) is 0 Å². The number of pyridine rings is 1. The van der Waals surface area contributed by atoms with Crippen LogP contribution in [0.2, 0.25) is 5.15 Å². The Morgan fingerprint density at radius 1 is 1.16 bits per heavy atom. The van der Waals surface area contributed by atoms with E-state index in [4.69, 9.17) is 21.4 Å². The number of hydrogen-bond acceptors (Lipinski definition) is 5. The predicted octanol–water partition coefficient (Wildman–Crippen LogP) is 4.44. The van der Waals surface area contributed by atoms with Gasteiger partial charge in [-0.1, -0.05) is 54.1 Å². The number of carboxylic acids is 1. The number of carbonyl (C=O) groups excluding carboxylic acids is 1. The molecule has 0 saturated carbocycles. The fourth-order valence-corrected chi connectivity index (χ4v) is 3.94. The van der Waals surface area contributed by atoms with Gasteiger partial charge in [-0.3, -0.25) is 9.59 Å². The quantitative estimate of drug-likeness (QED) is 0.575. The van der Waals surface area contributed by atoms with Gasteiger partial charge < -0.3 is 9.84 Å². The summed E-state index contributed by atoms with van der Waals surface area (Å²) in [6.45, 7) is 0. The molecule has 0 spiro atoms. The molecule has 1 aliphatic rings. The highest BCUT2D eigenvalue weighted by Gasteiger charge is 2.35. The number of aromatic nitrogens is 1. The third-order valence-corrected chi connectivity index (χ3v) is 5.50. The highest BCUT2D eigenvalue weighted by Crippen LogP contribution is 2.38. The van der Waals surface area contributed by atoms with Crippen LogP contribution in [-0.2, 0) is 9.59 Å². The van der Waals surface area contributed by atoms with Crippen molar-refractivity contribution in [3.8, 4) is 5.75 Å². The summed E-state index contributed by atoms with van der Waals surface area (Å²) in [5.41, 5.74) is 2.91. The van der Waals surface area contributed by atoms with Gasteiger partial charge in [0, 0.05) is 23.8 Å². The van der Waals surface area contributed by atoms with Gasteiger partial charge in [-0.2, -0.15) is 5.10 Å². The molecule has 7 nitrogen and oxygen atoms in total. The first-order chi connectivity index (χ1) is 15.0. The zero-order valence-electron chi connectivity index (χ0n) is 16.8. The second-order valence-corrected chi connectivity index (χ2v) is 7.52. The van der Waals surface area contributed by atoms with Crippen LogP contribution >= 0.6 is 11.6 Å². The lowest BCUT2D eigenvalue weighted by Crippen LogP contribution is -2.27. The van der Waals surface area contributed by atoms with Gasteiger partial charge in [-0.05, 0) is 17.7 Å². The van der Waals surface area contributed by atoms with Crippen molar-refractivity contribution in [3.05, 3.63) is 70.9 Å². The molecule has 0 fully saturated rings. The van der Waals surface area contributed by atoms with E-state index in [1.807, 2.05) is 48.5 Å². The maximum absolute atomic E-state index is 12.9. The molecule has 1 aromatic heterocycles. The number of ether oxygens (including phenoxy) is 1. The first kappa shape index (κ1) is 20.8. The summed E-state index contributed by atoms with van der Waals surface area (Å²) in [5, 5.41) is 15.9. The smallest absolute Gasteiger partial charge is 0.303 e. The van der Waals surface area contributed by atoms with Gasteiger partial charge in [-0.25, -0.2) is 9.99 Å². The molecular formula is C23H20ClN3O4. The zero-order chi connectivity index (χ0) is 22.0. The highest BCUT2D eigenvalue weighted by molar-refractivity contribution is 6.30. The van der Waals surface area contributed by atoms with Crippen molar-refractivity contribution in [1.29, 1.82) is 0 Å².